The Balaban J connectivity index is 1.61. The molecule has 0 saturated carbocycles. The van der Waals surface area contributed by atoms with E-state index in [4.69, 9.17) is 11.6 Å². The van der Waals surface area contributed by atoms with Crippen LogP contribution in [0.4, 0.5) is 11.4 Å². The van der Waals surface area contributed by atoms with Crippen LogP contribution in [0.2, 0.25) is 5.02 Å². The summed E-state index contributed by atoms with van der Waals surface area (Å²) in [6.45, 7) is 7.25. The van der Waals surface area contributed by atoms with Crippen molar-refractivity contribution in [3.8, 4) is 0 Å². The lowest BCUT2D eigenvalue weighted by molar-refractivity contribution is -0.112. The number of allylic oxidation sites excluding steroid dienone is 1. The van der Waals surface area contributed by atoms with Crippen molar-refractivity contribution in [2.24, 2.45) is 5.10 Å². The van der Waals surface area contributed by atoms with Crippen LogP contribution < -0.4 is 24.7 Å². The minimum absolute atomic E-state index is 0.0911. The van der Waals surface area contributed by atoms with Crippen molar-refractivity contribution in [1.29, 1.82) is 0 Å². The van der Waals surface area contributed by atoms with E-state index in [1.54, 1.807) is 16.3 Å². The Hall–Kier alpha value is -3.07. The maximum atomic E-state index is 13.4. The molecule has 36 heavy (non-hydrogen) atoms. The summed E-state index contributed by atoms with van der Waals surface area (Å²) in [4.78, 5) is 30.2. The molecule has 0 spiro atoms. The number of para-hydroxylation sites is 1. The third-order valence-corrected chi connectivity index (χ3v) is 8.49. The number of amides is 1. The van der Waals surface area contributed by atoms with E-state index < -0.39 is 0 Å². The molecule has 0 unspecified atom stereocenters. The molecular formula is C27H25ClN4O2S2. The number of aromatic nitrogens is 1. The summed E-state index contributed by atoms with van der Waals surface area (Å²) < 4.78 is 2.95. The van der Waals surface area contributed by atoms with Crippen LogP contribution in [0.3, 0.4) is 0 Å². The second-order valence-electron chi connectivity index (χ2n) is 8.37. The molecule has 0 fully saturated rings. The number of anilines is 2. The quantitative estimate of drug-likeness (QED) is 0.470. The van der Waals surface area contributed by atoms with Gasteiger partial charge in [-0.1, -0.05) is 48.5 Å². The molecule has 0 radical (unpaired) electrons. The predicted octanol–water partition coefficient (Wildman–Crippen LogP) is 4.80. The van der Waals surface area contributed by atoms with Crippen molar-refractivity contribution in [3.63, 3.8) is 0 Å². The molecule has 0 aliphatic carbocycles. The number of hydrogen-bond donors (Lipinski definition) is 0. The van der Waals surface area contributed by atoms with E-state index in [0.717, 1.165) is 28.6 Å². The highest BCUT2D eigenvalue weighted by molar-refractivity contribution is 8.03. The molecule has 3 aromatic rings. The van der Waals surface area contributed by atoms with Gasteiger partial charge in [0.15, 0.2) is 0 Å². The van der Waals surface area contributed by atoms with Gasteiger partial charge in [-0.15, -0.1) is 11.3 Å². The molecule has 0 bridgehead atoms. The van der Waals surface area contributed by atoms with Crippen molar-refractivity contribution in [3.05, 3.63) is 84.2 Å². The maximum absolute atomic E-state index is 13.4. The number of hydrogen-bond acceptors (Lipinski definition) is 6. The van der Waals surface area contributed by atoms with Crippen LogP contribution in [0, 0.1) is 0 Å². The Morgan fingerprint density at radius 3 is 2.56 bits per heavy atom. The van der Waals surface area contributed by atoms with Gasteiger partial charge in [-0.2, -0.15) is 10.1 Å². The zero-order valence-corrected chi connectivity index (χ0v) is 22.6. The van der Waals surface area contributed by atoms with E-state index in [1.165, 1.54) is 16.3 Å². The number of nitrogens with zero attached hydrogens (tertiary/aromatic N) is 4. The van der Waals surface area contributed by atoms with Crippen LogP contribution in [-0.4, -0.2) is 22.7 Å². The second kappa shape index (κ2) is 10.1. The fraction of sp³-hybridized carbons (Fsp3) is 0.222. The van der Waals surface area contributed by atoms with E-state index in [9.17, 15) is 9.59 Å². The number of hydrazone groups is 1. The van der Waals surface area contributed by atoms with Crippen molar-refractivity contribution in [2.75, 3.05) is 16.5 Å². The lowest BCUT2D eigenvalue weighted by Crippen LogP contribution is -2.34. The second-order valence-corrected chi connectivity index (χ2v) is 10.9. The average Bonchev–Trinajstić information content (AvgIpc) is 3.48. The number of halogens is 1. The van der Waals surface area contributed by atoms with Crippen molar-refractivity contribution in [1.82, 2.24) is 4.57 Å². The van der Waals surface area contributed by atoms with Gasteiger partial charge >= 0.3 is 0 Å². The lowest BCUT2D eigenvalue weighted by Gasteiger charge is -2.17. The molecule has 2 aliphatic rings. The molecular weight excluding hydrogens is 512 g/mol. The Morgan fingerprint density at radius 2 is 1.83 bits per heavy atom. The summed E-state index contributed by atoms with van der Waals surface area (Å²) in [6, 6.07) is 15.2. The van der Waals surface area contributed by atoms with E-state index >= 15 is 0 Å². The van der Waals surface area contributed by atoms with Crippen LogP contribution in [0.1, 0.15) is 27.2 Å². The summed E-state index contributed by atoms with van der Waals surface area (Å²) in [5.41, 5.74) is 2.77. The van der Waals surface area contributed by atoms with Gasteiger partial charge in [-0.25, -0.2) is 0 Å². The molecule has 0 saturated heterocycles. The van der Waals surface area contributed by atoms with E-state index in [-0.39, 0.29) is 11.5 Å². The standard InChI is InChI=1S/C27H25ClN4O2S2/c1-4-15-31-25(33)22(13-14-23-30(5-2)20-16-18(28)11-12-21(20)35-23)36-27(31)24-17(3)29-32(26(24)34)19-9-7-6-8-10-19/h6-14,16H,4-5,15H2,1-3H3/b22-13+,23-14-,27-24+. The van der Waals surface area contributed by atoms with Gasteiger partial charge in [0.2, 0.25) is 0 Å². The first-order chi connectivity index (χ1) is 17.4. The largest absolute Gasteiger partial charge is 0.335 e. The molecule has 184 valence electrons. The van der Waals surface area contributed by atoms with Gasteiger partial charge in [0.25, 0.3) is 11.5 Å². The first-order valence-corrected chi connectivity index (χ1v) is 13.8. The zero-order valence-electron chi connectivity index (χ0n) is 20.2. The van der Waals surface area contributed by atoms with Crippen LogP contribution in [-0.2, 0) is 11.3 Å². The monoisotopic (exact) mass is 536 g/mol. The highest BCUT2D eigenvalue weighted by Gasteiger charge is 2.31. The molecule has 1 aromatic heterocycles. The molecule has 1 amide bonds. The molecule has 6 nitrogen and oxygen atoms in total. The highest BCUT2D eigenvalue weighted by atomic mass is 35.5. The van der Waals surface area contributed by atoms with Gasteiger partial charge in [0.05, 0.1) is 32.2 Å². The van der Waals surface area contributed by atoms with Crippen LogP contribution in [0.25, 0.3) is 11.6 Å². The molecule has 3 heterocycles. The first kappa shape index (κ1) is 24.6. The molecule has 2 aliphatic heterocycles. The van der Waals surface area contributed by atoms with Gasteiger partial charge in [-0.3, -0.25) is 14.2 Å². The minimum atomic E-state index is -0.217. The number of carbonyl (C=O) groups excluding carboxylic acids is 1. The minimum Gasteiger partial charge on any atom is -0.335 e. The first-order valence-electron chi connectivity index (χ1n) is 11.8. The Kier molecular flexibility index (Phi) is 6.92. The SMILES string of the molecule is CCCn1c(=O)/c(=C\C=C2/Sc3ccc(Cl)cc3N2CC)s/c1=C1/C(=O)N(c2ccccc2)N=C1C. The average molecular weight is 537 g/mol. The van der Waals surface area contributed by atoms with Crippen molar-refractivity contribution >= 4 is 69.3 Å². The predicted molar refractivity (Wildman–Crippen MR) is 151 cm³/mol. The van der Waals surface area contributed by atoms with Crippen LogP contribution in [0.15, 0.2) is 74.4 Å². The zero-order chi connectivity index (χ0) is 25.4. The number of rotatable bonds is 5. The van der Waals surface area contributed by atoms with Gasteiger partial charge in [0.1, 0.15) is 4.66 Å². The van der Waals surface area contributed by atoms with E-state index in [0.29, 0.717) is 37.7 Å². The summed E-state index contributed by atoms with van der Waals surface area (Å²) in [5.74, 6) is -0.217. The van der Waals surface area contributed by atoms with E-state index in [1.807, 2.05) is 74.5 Å². The van der Waals surface area contributed by atoms with Crippen LogP contribution >= 0.6 is 34.7 Å². The normalized spacial score (nSPS) is 18.4. The smallest absolute Gasteiger partial charge is 0.283 e. The highest BCUT2D eigenvalue weighted by Crippen LogP contribution is 2.46. The van der Waals surface area contributed by atoms with Crippen molar-refractivity contribution < 1.29 is 4.79 Å². The third kappa shape index (κ3) is 4.34. The van der Waals surface area contributed by atoms with Gasteiger partial charge in [-0.05, 0) is 62.8 Å². The van der Waals surface area contributed by atoms with E-state index in [2.05, 4.69) is 16.9 Å². The number of thiazole rings is 1. The van der Waals surface area contributed by atoms with Gasteiger partial charge < -0.3 is 4.90 Å². The maximum Gasteiger partial charge on any atom is 0.283 e. The molecule has 9 heteroatoms. The number of thioether (sulfide) groups is 1. The third-order valence-electron chi connectivity index (χ3n) is 5.97. The molecule has 0 atom stereocenters. The number of benzene rings is 2. The summed E-state index contributed by atoms with van der Waals surface area (Å²) in [5, 5.41) is 7.65. The van der Waals surface area contributed by atoms with Gasteiger partial charge in [0, 0.05) is 23.0 Å². The van der Waals surface area contributed by atoms with Crippen LogP contribution in [0.5, 0.6) is 0 Å². The Labute approximate surface area is 222 Å². The Bertz CT molecular complexity index is 1590. The summed E-state index contributed by atoms with van der Waals surface area (Å²) >= 11 is 9.22. The number of fused-ring (bicyclic) bond motifs is 1. The Morgan fingerprint density at radius 1 is 1.06 bits per heavy atom. The molecule has 5 rings (SSSR count). The fourth-order valence-electron chi connectivity index (χ4n) is 4.31. The fourth-order valence-corrected chi connectivity index (χ4v) is 6.75. The molecule has 0 N–H and O–H groups in total. The molecule has 2 aromatic carbocycles. The summed E-state index contributed by atoms with van der Waals surface area (Å²) in [7, 11) is 0. The number of carbonyl (C=O) groups is 1. The summed E-state index contributed by atoms with van der Waals surface area (Å²) in [6.07, 6.45) is 4.62. The lowest BCUT2D eigenvalue weighted by atomic mass is 10.2. The van der Waals surface area contributed by atoms with Crippen molar-refractivity contribution in [2.45, 2.75) is 38.6 Å². The topological polar surface area (TPSA) is 57.9 Å².